The zero-order chi connectivity index (χ0) is 23.0. The Morgan fingerprint density at radius 1 is 0.788 bits per heavy atom. The lowest BCUT2D eigenvalue weighted by molar-refractivity contribution is 0.614. The Morgan fingerprint density at radius 2 is 1.45 bits per heavy atom. The molecule has 0 fully saturated rings. The van der Waals surface area contributed by atoms with Gasteiger partial charge in [-0.1, -0.05) is 85.9 Å². The van der Waals surface area contributed by atoms with Crippen molar-refractivity contribution in [1.82, 2.24) is 0 Å². The molecule has 0 aliphatic heterocycles. The molecule has 0 unspecified atom stereocenters. The maximum absolute atomic E-state index is 14.8. The molecular weight excluding hydrogens is 403 g/mol. The zero-order valence-electron chi connectivity index (χ0n) is 19.2. The Kier molecular flexibility index (Phi) is 7.38. The van der Waals surface area contributed by atoms with Gasteiger partial charge in [-0.25, -0.2) is 4.39 Å². The summed E-state index contributed by atoms with van der Waals surface area (Å²) in [5, 5.41) is 1.57. The van der Waals surface area contributed by atoms with Crippen LogP contribution in [0.4, 0.5) is 4.39 Å². The maximum Gasteiger partial charge on any atom is 0.134 e. The Balaban J connectivity index is 1.49. The third-order valence-corrected chi connectivity index (χ3v) is 5.99. The van der Waals surface area contributed by atoms with Crippen LogP contribution in [0.15, 0.2) is 91.5 Å². The van der Waals surface area contributed by atoms with Crippen LogP contribution >= 0.6 is 0 Å². The fourth-order valence-corrected chi connectivity index (χ4v) is 4.00. The molecular formula is C32H29F. The van der Waals surface area contributed by atoms with Gasteiger partial charge >= 0.3 is 0 Å². The molecule has 0 nitrogen and oxygen atoms in total. The number of unbranched alkanes of at least 4 members (excludes halogenated alkanes) is 1. The minimum Gasteiger partial charge on any atom is -0.206 e. The van der Waals surface area contributed by atoms with E-state index in [0.717, 1.165) is 54.2 Å². The van der Waals surface area contributed by atoms with Gasteiger partial charge in [0.15, 0.2) is 0 Å². The summed E-state index contributed by atoms with van der Waals surface area (Å²) in [5.41, 5.74) is 6.36. The van der Waals surface area contributed by atoms with Crippen LogP contribution in [0.5, 0.6) is 0 Å². The first-order chi connectivity index (χ1) is 16.2. The van der Waals surface area contributed by atoms with E-state index in [9.17, 15) is 4.39 Å². The van der Waals surface area contributed by atoms with Crippen LogP contribution in [-0.2, 0) is 12.8 Å². The highest BCUT2D eigenvalue weighted by molar-refractivity contribution is 5.85. The quantitative estimate of drug-likeness (QED) is 0.203. The largest absolute Gasteiger partial charge is 0.206 e. The monoisotopic (exact) mass is 432 g/mol. The molecule has 4 aromatic rings. The van der Waals surface area contributed by atoms with E-state index in [1.54, 1.807) is 0 Å². The molecule has 4 aromatic carbocycles. The molecule has 1 heteroatoms. The van der Waals surface area contributed by atoms with Crippen LogP contribution in [0.1, 0.15) is 48.4 Å². The van der Waals surface area contributed by atoms with E-state index >= 15 is 0 Å². The van der Waals surface area contributed by atoms with Gasteiger partial charge in [-0.15, -0.1) is 6.58 Å². The van der Waals surface area contributed by atoms with Crippen molar-refractivity contribution in [2.24, 2.45) is 0 Å². The molecule has 33 heavy (non-hydrogen) atoms. The first-order valence-corrected chi connectivity index (χ1v) is 11.7. The zero-order valence-corrected chi connectivity index (χ0v) is 19.2. The number of hydrogen-bond donors (Lipinski definition) is 0. The fourth-order valence-electron chi connectivity index (χ4n) is 4.00. The van der Waals surface area contributed by atoms with E-state index in [0.29, 0.717) is 5.39 Å². The van der Waals surface area contributed by atoms with Crippen molar-refractivity contribution in [2.75, 3.05) is 0 Å². The van der Waals surface area contributed by atoms with Crippen molar-refractivity contribution in [2.45, 2.75) is 39.0 Å². The molecule has 0 saturated heterocycles. The third-order valence-electron chi connectivity index (χ3n) is 5.99. The van der Waals surface area contributed by atoms with Gasteiger partial charge < -0.3 is 0 Å². The number of aryl methyl sites for hydroxylation is 2. The molecule has 0 N–H and O–H groups in total. The van der Waals surface area contributed by atoms with Crippen molar-refractivity contribution < 1.29 is 4.39 Å². The minimum atomic E-state index is -0.0928. The van der Waals surface area contributed by atoms with E-state index in [2.05, 4.69) is 73.9 Å². The molecule has 4 rings (SSSR count). The van der Waals surface area contributed by atoms with Crippen molar-refractivity contribution in [3.8, 4) is 23.0 Å². The predicted molar refractivity (Wildman–Crippen MR) is 139 cm³/mol. The molecule has 0 atom stereocenters. The van der Waals surface area contributed by atoms with E-state index in [1.807, 2.05) is 36.4 Å². The number of fused-ring (bicyclic) bond motifs is 1. The summed E-state index contributed by atoms with van der Waals surface area (Å²) >= 11 is 0. The van der Waals surface area contributed by atoms with Crippen molar-refractivity contribution >= 4 is 10.8 Å². The second-order valence-electron chi connectivity index (χ2n) is 8.43. The number of allylic oxidation sites excluding steroid dienone is 1. The molecule has 164 valence electrons. The third kappa shape index (κ3) is 5.60. The average Bonchev–Trinajstić information content (AvgIpc) is 2.86. The van der Waals surface area contributed by atoms with Gasteiger partial charge in [0.25, 0.3) is 0 Å². The lowest BCUT2D eigenvalue weighted by Crippen LogP contribution is -1.92. The van der Waals surface area contributed by atoms with Crippen molar-refractivity contribution in [3.05, 3.63) is 120 Å². The lowest BCUT2D eigenvalue weighted by atomic mass is 10.00. The molecule has 0 aliphatic carbocycles. The van der Waals surface area contributed by atoms with Gasteiger partial charge in [0.2, 0.25) is 0 Å². The number of hydrogen-bond acceptors (Lipinski definition) is 0. The van der Waals surface area contributed by atoms with Gasteiger partial charge in [0.05, 0.1) is 0 Å². The summed E-state index contributed by atoms with van der Waals surface area (Å²) in [6, 6.07) is 26.7. The van der Waals surface area contributed by atoms with Gasteiger partial charge in [0, 0.05) is 16.5 Å². The van der Waals surface area contributed by atoms with Gasteiger partial charge in [-0.3, -0.25) is 0 Å². The van der Waals surface area contributed by atoms with Crippen LogP contribution in [0.2, 0.25) is 0 Å². The highest BCUT2D eigenvalue weighted by Crippen LogP contribution is 2.24. The van der Waals surface area contributed by atoms with Crippen LogP contribution in [0, 0.1) is 17.7 Å². The normalized spacial score (nSPS) is 10.6. The molecule has 0 heterocycles. The molecule has 0 bridgehead atoms. The standard InChI is InChI=1S/C32H29F/c1-3-5-7-24-11-16-27(17-12-24)28-18-13-25(14-19-28)9-10-26-15-22-31-30(23-26)21-20-29(32(31)33)8-6-4-2/h3,11-23H,1,4-8H2,2H3. The Bertz CT molecular complexity index is 1300. The maximum atomic E-state index is 14.8. The molecule has 0 radical (unpaired) electrons. The average molecular weight is 433 g/mol. The summed E-state index contributed by atoms with van der Waals surface area (Å²) in [4.78, 5) is 0. The highest BCUT2D eigenvalue weighted by Gasteiger charge is 2.07. The molecule has 0 aromatic heterocycles. The Labute approximate surface area is 196 Å². The summed E-state index contributed by atoms with van der Waals surface area (Å²) in [5.74, 6) is 6.37. The smallest absolute Gasteiger partial charge is 0.134 e. The summed E-state index contributed by atoms with van der Waals surface area (Å²) in [6.45, 7) is 5.91. The van der Waals surface area contributed by atoms with Crippen molar-refractivity contribution in [1.29, 1.82) is 0 Å². The first-order valence-electron chi connectivity index (χ1n) is 11.7. The van der Waals surface area contributed by atoms with Crippen LogP contribution in [0.3, 0.4) is 0 Å². The summed E-state index contributed by atoms with van der Waals surface area (Å²) < 4.78 is 14.8. The fraction of sp³-hybridized carbons (Fsp3) is 0.188. The van der Waals surface area contributed by atoms with E-state index in [1.165, 1.54) is 16.7 Å². The van der Waals surface area contributed by atoms with Crippen LogP contribution in [-0.4, -0.2) is 0 Å². The SMILES string of the molecule is C=CCCc1ccc(-c2ccc(C#Cc3ccc4c(F)c(CCCC)ccc4c3)cc2)cc1. The topological polar surface area (TPSA) is 0 Å². The number of halogens is 1. The van der Waals surface area contributed by atoms with E-state index in [-0.39, 0.29) is 5.82 Å². The molecule has 0 amide bonds. The van der Waals surface area contributed by atoms with Gasteiger partial charge in [-0.05, 0) is 77.6 Å². The highest BCUT2D eigenvalue weighted by atomic mass is 19.1. The molecule has 0 saturated carbocycles. The van der Waals surface area contributed by atoms with E-state index in [4.69, 9.17) is 0 Å². The van der Waals surface area contributed by atoms with Gasteiger partial charge in [0.1, 0.15) is 5.82 Å². The Morgan fingerprint density at radius 3 is 2.15 bits per heavy atom. The predicted octanol–water partition coefficient (Wildman–Crippen LogP) is 8.51. The molecule has 0 aliphatic rings. The minimum absolute atomic E-state index is 0.0928. The van der Waals surface area contributed by atoms with Crippen LogP contribution < -0.4 is 0 Å². The number of rotatable bonds is 7. The second-order valence-corrected chi connectivity index (χ2v) is 8.43. The van der Waals surface area contributed by atoms with Gasteiger partial charge in [-0.2, -0.15) is 0 Å². The Hall–Kier alpha value is -3.63. The van der Waals surface area contributed by atoms with Crippen molar-refractivity contribution in [3.63, 3.8) is 0 Å². The second kappa shape index (κ2) is 10.8. The van der Waals surface area contributed by atoms with Crippen LogP contribution in [0.25, 0.3) is 21.9 Å². The first kappa shape index (κ1) is 22.6. The summed E-state index contributed by atoms with van der Waals surface area (Å²) in [6.07, 6.45) is 6.84. The lowest BCUT2D eigenvalue weighted by Gasteiger charge is -2.06. The number of benzene rings is 4. The van der Waals surface area contributed by atoms with E-state index < -0.39 is 0 Å². The molecule has 0 spiro atoms. The summed E-state index contributed by atoms with van der Waals surface area (Å²) in [7, 11) is 0.